The molecule has 0 atom stereocenters. The molecule has 0 unspecified atom stereocenters. The van der Waals surface area contributed by atoms with Crippen LogP contribution in [0, 0.1) is 6.92 Å². The van der Waals surface area contributed by atoms with E-state index >= 15 is 0 Å². The fourth-order valence-corrected chi connectivity index (χ4v) is 1.78. The molecule has 0 amide bonds. The van der Waals surface area contributed by atoms with Gasteiger partial charge in [-0.25, -0.2) is 9.97 Å². The van der Waals surface area contributed by atoms with Crippen molar-refractivity contribution in [3.05, 3.63) is 17.0 Å². The normalized spacial score (nSPS) is 10.9. The molecular weight excluding hydrogens is 236 g/mol. The Morgan fingerprint density at radius 3 is 2.47 bits per heavy atom. The first-order chi connectivity index (χ1) is 8.06. The Morgan fingerprint density at radius 2 is 1.88 bits per heavy atom. The number of likely N-dealkylation sites (N-methyl/N-ethyl adjacent to an activating group) is 1. The number of hydrogen-bond acceptors (Lipinski definition) is 4. The van der Waals surface area contributed by atoms with Crippen molar-refractivity contribution in [3.63, 3.8) is 0 Å². The predicted octanol–water partition coefficient (Wildman–Crippen LogP) is 2.22. The van der Waals surface area contributed by atoms with Crippen molar-refractivity contribution in [2.45, 2.75) is 20.3 Å². The lowest BCUT2D eigenvalue weighted by atomic mass is 10.3. The van der Waals surface area contributed by atoms with Gasteiger partial charge in [-0.15, -0.1) is 0 Å². The summed E-state index contributed by atoms with van der Waals surface area (Å²) in [5, 5.41) is 0.543. The molecule has 4 nitrogen and oxygen atoms in total. The minimum atomic E-state index is 0.543. The first-order valence-corrected chi connectivity index (χ1v) is 6.30. The van der Waals surface area contributed by atoms with E-state index in [1.54, 1.807) is 0 Å². The van der Waals surface area contributed by atoms with E-state index in [1.165, 1.54) is 6.33 Å². The van der Waals surface area contributed by atoms with Crippen LogP contribution in [-0.2, 0) is 0 Å². The maximum absolute atomic E-state index is 6.03. The second-order valence-corrected chi connectivity index (χ2v) is 4.76. The summed E-state index contributed by atoms with van der Waals surface area (Å²) < 4.78 is 0. The molecular formula is C12H21ClN4. The average molecular weight is 257 g/mol. The molecule has 5 heteroatoms. The third kappa shape index (κ3) is 4.13. The minimum absolute atomic E-state index is 0.543. The van der Waals surface area contributed by atoms with Crippen molar-refractivity contribution in [2.75, 3.05) is 38.6 Å². The second-order valence-electron chi connectivity index (χ2n) is 4.40. The van der Waals surface area contributed by atoms with E-state index in [0.717, 1.165) is 37.4 Å². The van der Waals surface area contributed by atoms with Crippen LogP contribution in [0.2, 0.25) is 5.15 Å². The maximum atomic E-state index is 6.03. The van der Waals surface area contributed by atoms with E-state index in [1.807, 2.05) is 6.92 Å². The van der Waals surface area contributed by atoms with Gasteiger partial charge in [0.05, 0.1) is 0 Å². The fourth-order valence-electron chi connectivity index (χ4n) is 1.65. The molecule has 1 aromatic heterocycles. The lowest BCUT2D eigenvalue weighted by molar-refractivity contribution is 0.412. The van der Waals surface area contributed by atoms with Crippen LogP contribution in [-0.4, -0.2) is 48.6 Å². The van der Waals surface area contributed by atoms with Crippen LogP contribution >= 0.6 is 11.6 Å². The monoisotopic (exact) mass is 256 g/mol. The van der Waals surface area contributed by atoms with E-state index in [9.17, 15) is 0 Å². The molecule has 0 saturated heterocycles. The van der Waals surface area contributed by atoms with Crippen molar-refractivity contribution >= 4 is 17.4 Å². The van der Waals surface area contributed by atoms with Crippen LogP contribution in [0.15, 0.2) is 6.33 Å². The van der Waals surface area contributed by atoms with Crippen LogP contribution in [0.1, 0.15) is 18.9 Å². The number of halogens is 1. The van der Waals surface area contributed by atoms with Gasteiger partial charge < -0.3 is 9.80 Å². The number of rotatable bonds is 6. The van der Waals surface area contributed by atoms with Crippen molar-refractivity contribution in [2.24, 2.45) is 0 Å². The topological polar surface area (TPSA) is 32.3 Å². The zero-order chi connectivity index (χ0) is 12.8. The molecule has 0 radical (unpaired) electrons. The summed E-state index contributed by atoms with van der Waals surface area (Å²) in [6, 6.07) is 0. The molecule has 0 spiro atoms. The van der Waals surface area contributed by atoms with E-state index < -0.39 is 0 Å². The molecule has 0 aliphatic carbocycles. The minimum Gasteiger partial charge on any atom is -0.355 e. The van der Waals surface area contributed by atoms with Gasteiger partial charge in [-0.3, -0.25) is 0 Å². The second kappa shape index (κ2) is 6.77. The van der Waals surface area contributed by atoms with Crippen LogP contribution < -0.4 is 4.90 Å². The lowest BCUT2D eigenvalue weighted by Gasteiger charge is -2.26. The molecule has 0 fully saturated rings. The van der Waals surface area contributed by atoms with E-state index in [-0.39, 0.29) is 0 Å². The Kier molecular flexibility index (Phi) is 5.65. The van der Waals surface area contributed by atoms with Gasteiger partial charge >= 0.3 is 0 Å². The molecule has 0 bridgehead atoms. The molecule has 0 aromatic carbocycles. The maximum Gasteiger partial charge on any atom is 0.137 e. The fraction of sp³-hybridized carbons (Fsp3) is 0.667. The summed E-state index contributed by atoms with van der Waals surface area (Å²) in [6.07, 6.45) is 2.62. The third-order valence-corrected chi connectivity index (χ3v) is 2.99. The Balaban J connectivity index is 2.85. The van der Waals surface area contributed by atoms with Crippen LogP contribution in [0.4, 0.5) is 5.82 Å². The Bertz CT molecular complexity index is 354. The molecule has 0 aliphatic rings. The summed E-state index contributed by atoms with van der Waals surface area (Å²) in [7, 11) is 4.15. The van der Waals surface area contributed by atoms with Crippen molar-refractivity contribution in [1.29, 1.82) is 0 Å². The summed E-state index contributed by atoms with van der Waals surface area (Å²) in [6.45, 7) is 7.08. The van der Waals surface area contributed by atoms with Gasteiger partial charge in [-0.05, 0) is 27.4 Å². The molecule has 0 saturated carbocycles. The highest BCUT2D eigenvalue weighted by molar-refractivity contribution is 6.30. The summed E-state index contributed by atoms with van der Waals surface area (Å²) in [4.78, 5) is 12.8. The highest BCUT2D eigenvalue weighted by Gasteiger charge is 2.12. The molecule has 1 rings (SSSR count). The van der Waals surface area contributed by atoms with Gasteiger partial charge in [-0.1, -0.05) is 18.5 Å². The lowest BCUT2D eigenvalue weighted by Crippen LogP contribution is -2.33. The van der Waals surface area contributed by atoms with Gasteiger partial charge in [0, 0.05) is 25.2 Å². The number of nitrogens with zero attached hydrogens (tertiary/aromatic N) is 4. The molecule has 0 aliphatic heterocycles. The quantitative estimate of drug-likeness (QED) is 0.731. The summed E-state index contributed by atoms with van der Waals surface area (Å²) in [5.41, 5.74) is 0.960. The molecule has 0 N–H and O–H groups in total. The van der Waals surface area contributed by atoms with E-state index in [4.69, 9.17) is 11.6 Å². The average Bonchev–Trinajstić information content (AvgIpc) is 2.28. The van der Waals surface area contributed by atoms with Gasteiger partial charge in [0.15, 0.2) is 0 Å². The van der Waals surface area contributed by atoms with Gasteiger partial charge in [0.1, 0.15) is 17.3 Å². The SMILES string of the molecule is CCCN(CCN(C)C)c1ncnc(Cl)c1C. The van der Waals surface area contributed by atoms with Crippen molar-refractivity contribution in [3.8, 4) is 0 Å². The van der Waals surface area contributed by atoms with Gasteiger partial charge in [-0.2, -0.15) is 0 Å². The Morgan fingerprint density at radius 1 is 1.18 bits per heavy atom. The van der Waals surface area contributed by atoms with Gasteiger partial charge in [0.2, 0.25) is 0 Å². The highest BCUT2D eigenvalue weighted by atomic mass is 35.5. The molecule has 96 valence electrons. The van der Waals surface area contributed by atoms with Gasteiger partial charge in [0.25, 0.3) is 0 Å². The molecule has 1 aromatic rings. The first kappa shape index (κ1) is 14.2. The van der Waals surface area contributed by atoms with Crippen LogP contribution in [0.5, 0.6) is 0 Å². The molecule has 1 heterocycles. The van der Waals surface area contributed by atoms with E-state index in [2.05, 4.69) is 40.8 Å². The Labute approximate surface area is 109 Å². The third-order valence-electron chi connectivity index (χ3n) is 2.61. The zero-order valence-corrected chi connectivity index (χ0v) is 11.8. The highest BCUT2D eigenvalue weighted by Crippen LogP contribution is 2.21. The van der Waals surface area contributed by atoms with E-state index in [0.29, 0.717) is 5.15 Å². The Hall–Kier alpha value is -0.870. The summed E-state index contributed by atoms with van der Waals surface area (Å²) >= 11 is 6.03. The van der Waals surface area contributed by atoms with Crippen LogP contribution in [0.25, 0.3) is 0 Å². The smallest absolute Gasteiger partial charge is 0.137 e. The number of aromatic nitrogens is 2. The predicted molar refractivity (Wildman–Crippen MR) is 72.8 cm³/mol. The van der Waals surface area contributed by atoms with Crippen LogP contribution in [0.3, 0.4) is 0 Å². The standard InChI is InChI=1S/C12H21ClN4/c1-5-6-17(8-7-16(3)4)12-10(2)11(13)14-9-15-12/h9H,5-8H2,1-4H3. The number of hydrogen-bond donors (Lipinski definition) is 0. The largest absolute Gasteiger partial charge is 0.355 e. The van der Waals surface area contributed by atoms with Crippen molar-refractivity contribution < 1.29 is 0 Å². The van der Waals surface area contributed by atoms with Crippen molar-refractivity contribution in [1.82, 2.24) is 14.9 Å². The number of anilines is 1. The summed E-state index contributed by atoms with van der Waals surface area (Å²) in [5.74, 6) is 0.953. The molecule has 17 heavy (non-hydrogen) atoms. The first-order valence-electron chi connectivity index (χ1n) is 5.93. The zero-order valence-electron chi connectivity index (χ0n) is 11.1.